The zero-order chi connectivity index (χ0) is 18.5. The van der Waals surface area contributed by atoms with E-state index in [4.69, 9.17) is 4.74 Å². The molecule has 1 atom stereocenters. The van der Waals surface area contributed by atoms with E-state index in [2.05, 4.69) is 5.32 Å². The molecule has 1 heterocycles. The third kappa shape index (κ3) is 4.08. The molecule has 3 rings (SSSR count). The van der Waals surface area contributed by atoms with Crippen LogP contribution in [-0.4, -0.2) is 24.5 Å². The molecular weight excluding hydrogens is 335 g/mol. The second-order valence-corrected chi connectivity index (χ2v) is 6.17. The largest absolute Gasteiger partial charge is 0.494 e. The molecule has 1 aliphatic rings. The molecule has 0 radical (unpaired) electrons. The van der Waals surface area contributed by atoms with Crippen LogP contribution in [0.15, 0.2) is 48.5 Å². The Kier molecular flexibility index (Phi) is 5.63. The number of nitrogens with zero attached hydrogens (tertiary/aromatic N) is 1. The van der Waals surface area contributed by atoms with Gasteiger partial charge in [-0.1, -0.05) is 19.1 Å². The van der Waals surface area contributed by atoms with Crippen molar-refractivity contribution in [2.75, 3.05) is 11.5 Å². The molecule has 0 saturated carbocycles. The van der Waals surface area contributed by atoms with Gasteiger partial charge in [0, 0.05) is 6.54 Å². The highest BCUT2D eigenvalue weighted by molar-refractivity contribution is 6.22. The number of imide groups is 1. The number of rotatable bonds is 7. The van der Waals surface area contributed by atoms with E-state index in [1.54, 1.807) is 36.4 Å². The summed E-state index contributed by atoms with van der Waals surface area (Å²) in [6.45, 7) is 3.03. The van der Waals surface area contributed by atoms with Gasteiger partial charge in [-0.2, -0.15) is 0 Å². The lowest BCUT2D eigenvalue weighted by molar-refractivity contribution is -0.121. The fourth-order valence-corrected chi connectivity index (χ4v) is 2.82. The van der Waals surface area contributed by atoms with Crippen molar-refractivity contribution in [3.63, 3.8) is 0 Å². The molecular formula is C20H21FN2O3. The normalized spacial score (nSPS) is 17.0. The topological polar surface area (TPSA) is 58.6 Å². The van der Waals surface area contributed by atoms with E-state index in [1.165, 1.54) is 17.0 Å². The number of nitrogens with one attached hydrogen (secondary N) is 1. The number of hydrogen-bond acceptors (Lipinski definition) is 4. The molecule has 0 aliphatic carbocycles. The van der Waals surface area contributed by atoms with Crippen LogP contribution in [0.25, 0.3) is 0 Å². The van der Waals surface area contributed by atoms with Gasteiger partial charge in [0.05, 0.1) is 24.8 Å². The molecule has 0 aromatic heterocycles. The molecule has 0 bridgehead atoms. The van der Waals surface area contributed by atoms with Crippen molar-refractivity contribution in [2.24, 2.45) is 0 Å². The Morgan fingerprint density at radius 2 is 1.81 bits per heavy atom. The van der Waals surface area contributed by atoms with Crippen LogP contribution in [0.4, 0.5) is 10.1 Å². The van der Waals surface area contributed by atoms with Gasteiger partial charge < -0.3 is 10.1 Å². The second kappa shape index (κ2) is 8.10. The standard InChI is InChI=1S/C20H21FN2O3/c1-2-11-26-17-9-7-16(8-10-17)23-19(24)12-18(20(23)25)22-13-14-3-5-15(21)6-4-14/h3-10,18,22H,2,11-13H2,1H3/t18-/m0/s1. The van der Waals surface area contributed by atoms with Crippen molar-refractivity contribution in [2.45, 2.75) is 32.4 Å². The smallest absolute Gasteiger partial charge is 0.251 e. The van der Waals surface area contributed by atoms with E-state index in [0.29, 0.717) is 24.6 Å². The first-order valence-corrected chi connectivity index (χ1v) is 8.66. The van der Waals surface area contributed by atoms with Crippen molar-refractivity contribution in [3.05, 3.63) is 59.9 Å². The van der Waals surface area contributed by atoms with Gasteiger partial charge in [0.2, 0.25) is 5.91 Å². The van der Waals surface area contributed by atoms with Crippen molar-refractivity contribution in [1.29, 1.82) is 0 Å². The summed E-state index contributed by atoms with van der Waals surface area (Å²) in [7, 11) is 0. The maximum Gasteiger partial charge on any atom is 0.251 e. The number of amides is 2. The van der Waals surface area contributed by atoms with Crippen LogP contribution >= 0.6 is 0 Å². The fourth-order valence-electron chi connectivity index (χ4n) is 2.82. The zero-order valence-electron chi connectivity index (χ0n) is 14.6. The minimum absolute atomic E-state index is 0.105. The van der Waals surface area contributed by atoms with E-state index < -0.39 is 6.04 Å². The molecule has 0 unspecified atom stereocenters. The lowest BCUT2D eigenvalue weighted by Gasteiger charge is -2.16. The predicted octanol–water partition coefficient (Wildman–Crippen LogP) is 3.04. The van der Waals surface area contributed by atoms with Crippen molar-refractivity contribution >= 4 is 17.5 Å². The molecule has 6 heteroatoms. The molecule has 1 saturated heterocycles. The van der Waals surface area contributed by atoms with Gasteiger partial charge in [-0.3, -0.25) is 9.59 Å². The lowest BCUT2D eigenvalue weighted by atomic mass is 10.2. The number of ether oxygens (including phenoxy) is 1. The molecule has 2 aromatic rings. The number of anilines is 1. The third-order valence-electron chi connectivity index (χ3n) is 4.18. The van der Waals surface area contributed by atoms with E-state index in [9.17, 15) is 14.0 Å². The zero-order valence-corrected chi connectivity index (χ0v) is 14.6. The SMILES string of the molecule is CCCOc1ccc(N2C(=O)C[C@H](NCc3ccc(F)cc3)C2=O)cc1. The van der Waals surface area contributed by atoms with Crippen molar-refractivity contribution in [1.82, 2.24) is 5.32 Å². The Morgan fingerprint density at radius 3 is 2.46 bits per heavy atom. The summed E-state index contributed by atoms with van der Waals surface area (Å²) in [6.07, 6.45) is 1.01. The molecule has 1 N–H and O–H groups in total. The molecule has 136 valence electrons. The van der Waals surface area contributed by atoms with Gasteiger partial charge in [0.1, 0.15) is 11.6 Å². The molecule has 0 spiro atoms. The van der Waals surface area contributed by atoms with Gasteiger partial charge in [0.25, 0.3) is 5.91 Å². The van der Waals surface area contributed by atoms with Gasteiger partial charge in [-0.25, -0.2) is 9.29 Å². The first kappa shape index (κ1) is 18.1. The Labute approximate surface area is 151 Å². The molecule has 2 amide bonds. The van der Waals surface area contributed by atoms with Crippen LogP contribution in [0, 0.1) is 5.82 Å². The van der Waals surface area contributed by atoms with Gasteiger partial charge in [-0.05, 0) is 48.4 Å². The Morgan fingerprint density at radius 1 is 1.12 bits per heavy atom. The fraction of sp³-hybridized carbons (Fsp3) is 0.300. The van der Waals surface area contributed by atoms with Crippen molar-refractivity contribution in [3.8, 4) is 5.75 Å². The summed E-state index contributed by atoms with van der Waals surface area (Å²) in [5, 5.41) is 3.08. The Hall–Kier alpha value is -2.73. The number of hydrogen-bond donors (Lipinski definition) is 1. The highest BCUT2D eigenvalue weighted by atomic mass is 19.1. The maximum atomic E-state index is 12.9. The van der Waals surface area contributed by atoms with Crippen LogP contribution in [0.3, 0.4) is 0 Å². The Bertz CT molecular complexity index is 775. The quantitative estimate of drug-likeness (QED) is 0.775. The Balaban J connectivity index is 1.63. The lowest BCUT2D eigenvalue weighted by Crippen LogP contribution is -2.38. The molecule has 26 heavy (non-hydrogen) atoms. The molecule has 1 aliphatic heterocycles. The summed E-state index contributed by atoms with van der Waals surface area (Å²) in [6, 6.07) is 12.4. The van der Waals surface area contributed by atoms with E-state index in [0.717, 1.165) is 12.0 Å². The number of benzene rings is 2. The maximum absolute atomic E-state index is 12.9. The third-order valence-corrected chi connectivity index (χ3v) is 4.18. The molecule has 1 fully saturated rings. The first-order chi connectivity index (χ1) is 12.6. The number of halogens is 1. The van der Waals surface area contributed by atoms with Crippen LogP contribution in [-0.2, 0) is 16.1 Å². The van der Waals surface area contributed by atoms with E-state index in [1.807, 2.05) is 6.92 Å². The highest BCUT2D eigenvalue weighted by Gasteiger charge is 2.39. The number of carbonyl (C=O) groups is 2. The highest BCUT2D eigenvalue weighted by Crippen LogP contribution is 2.25. The van der Waals surface area contributed by atoms with Crippen LogP contribution < -0.4 is 15.0 Å². The van der Waals surface area contributed by atoms with Crippen molar-refractivity contribution < 1.29 is 18.7 Å². The van der Waals surface area contributed by atoms with Gasteiger partial charge in [-0.15, -0.1) is 0 Å². The average Bonchev–Trinajstić information content (AvgIpc) is 2.93. The second-order valence-electron chi connectivity index (χ2n) is 6.17. The van der Waals surface area contributed by atoms with Gasteiger partial charge in [0.15, 0.2) is 0 Å². The van der Waals surface area contributed by atoms with E-state index >= 15 is 0 Å². The van der Waals surface area contributed by atoms with Crippen LogP contribution in [0.5, 0.6) is 5.75 Å². The number of carbonyl (C=O) groups excluding carboxylic acids is 2. The first-order valence-electron chi connectivity index (χ1n) is 8.66. The molecule has 2 aromatic carbocycles. The van der Waals surface area contributed by atoms with Gasteiger partial charge >= 0.3 is 0 Å². The predicted molar refractivity (Wildman–Crippen MR) is 96.4 cm³/mol. The monoisotopic (exact) mass is 356 g/mol. The van der Waals surface area contributed by atoms with E-state index in [-0.39, 0.29) is 24.1 Å². The molecule has 5 nitrogen and oxygen atoms in total. The minimum atomic E-state index is -0.580. The summed E-state index contributed by atoms with van der Waals surface area (Å²) >= 11 is 0. The summed E-state index contributed by atoms with van der Waals surface area (Å²) in [5.74, 6) is -0.118. The summed E-state index contributed by atoms with van der Waals surface area (Å²) in [5.41, 5.74) is 1.39. The summed E-state index contributed by atoms with van der Waals surface area (Å²) in [4.78, 5) is 26.1. The van der Waals surface area contributed by atoms with Crippen LogP contribution in [0.1, 0.15) is 25.3 Å². The minimum Gasteiger partial charge on any atom is -0.494 e. The summed E-state index contributed by atoms with van der Waals surface area (Å²) < 4.78 is 18.5. The average molecular weight is 356 g/mol. The van der Waals surface area contributed by atoms with Crippen LogP contribution in [0.2, 0.25) is 0 Å².